The van der Waals surface area contributed by atoms with Gasteiger partial charge in [0.2, 0.25) is 0 Å². The molecule has 3 rings (SSSR count). The van der Waals surface area contributed by atoms with E-state index in [0.717, 1.165) is 11.6 Å². The Hall–Kier alpha value is -4.54. The van der Waals surface area contributed by atoms with E-state index in [1.807, 2.05) is 0 Å². The summed E-state index contributed by atoms with van der Waals surface area (Å²) in [6.07, 6.45) is -3.70. The number of alkyl halides is 3. The van der Waals surface area contributed by atoms with Crippen LogP contribution in [0.2, 0.25) is 0 Å². The zero-order valence-corrected chi connectivity index (χ0v) is 17.9. The molecule has 0 saturated heterocycles. The van der Waals surface area contributed by atoms with Gasteiger partial charge in [-0.3, -0.25) is 19.7 Å². The van der Waals surface area contributed by atoms with Gasteiger partial charge in [0.05, 0.1) is 22.7 Å². The first-order valence-corrected chi connectivity index (χ1v) is 10.1. The Bertz CT molecular complexity index is 1270. The number of hydrogen-bond acceptors (Lipinski definition) is 6. The number of nitrogens with zero attached hydrogens (tertiary/aromatic N) is 1. The van der Waals surface area contributed by atoms with Gasteiger partial charge >= 0.3 is 12.1 Å². The average Bonchev–Trinajstić information content (AvgIpc) is 2.83. The summed E-state index contributed by atoms with van der Waals surface area (Å²) in [4.78, 5) is 45.7. The Labute approximate surface area is 196 Å². The number of rotatable bonds is 8. The average molecular weight is 486 g/mol. The number of anilines is 1. The van der Waals surface area contributed by atoms with Crippen LogP contribution < -0.4 is 5.32 Å². The van der Waals surface area contributed by atoms with Gasteiger partial charge < -0.3 is 10.1 Å². The minimum Gasteiger partial charge on any atom is -0.462 e. The lowest BCUT2D eigenvalue weighted by molar-refractivity contribution is -0.385. The Kier molecular flexibility index (Phi) is 7.59. The maximum Gasteiger partial charge on any atom is 0.416 e. The summed E-state index contributed by atoms with van der Waals surface area (Å²) in [5.74, 6) is -1.71. The molecule has 0 saturated carbocycles. The highest BCUT2D eigenvalue weighted by Crippen LogP contribution is 2.33. The first kappa shape index (κ1) is 25.1. The fraction of sp³-hybridized carbons (Fsp3) is 0.125. The van der Waals surface area contributed by atoms with Gasteiger partial charge in [-0.15, -0.1) is 0 Å². The summed E-state index contributed by atoms with van der Waals surface area (Å²) in [6.45, 7) is 0.0492. The smallest absolute Gasteiger partial charge is 0.416 e. The van der Waals surface area contributed by atoms with Crippen LogP contribution in [0.4, 0.5) is 24.5 Å². The Morgan fingerprint density at radius 2 is 1.74 bits per heavy atom. The zero-order chi connectivity index (χ0) is 25.6. The predicted molar refractivity (Wildman–Crippen MR) is 118 cm³/mol. The highest BCUT2D eigenvalue weighted by atomic mass is 19.4. The number of esters is 1. The van der Waals surface area contributed by atoms with Crippen molar-refractivity contribution in [3.05, 3.63) is 105 Å². The lowest BCUT2D eigenvalue weighted by Gasteiger charge is -2.10. The van der Waals surface area contributed by atoms with E-state index >= 15 is 0 Å². The Morgan fingerprint density at radius 3 is 2.37 bits per heavy atom. The van der Waals surface area contributed by atoms with Crippen molar-refractivity contribution < 1.29 is 37.2 Å². The molecule has 0 fully saturated rings. The predicted octanol–water partition coefficient (Wildman–Crippen LogP) is 5.08. The number of carbonyl (C=O) groups excluding carboxylic acids is 3. The normalized spacial score (nSPS) is 10.9. The molecule has 180 valence electrons. The van der Waals surface area contributed by atoms with Crippen LogP contribution in [0, 0.1) is 10.1 Å². The molecule has 0 aliphatic heterocycles. The van der Waals surface area contributed by atoms with Crippen molar-refractivity contribution in [2.24, 2.45) is 0 Å². The number of hydrogen-bond donors (Lipinski definition) is 1. The van der Waals surface area contributed by atoms with Crippen molar-refractivity contribution >= 4 is 29.5 Å². The molecular formula is C24H17F3N2O6. The van der Waals surface area contributed by atoms with Crippen molar-refractivity contribution in [3.63, 3.8) is 0 Å². The molecule has 0 aromatic heterocycles. The SMILES string of the molecule is O=Cc1ccc(CCOC(=O)c2cccc(NC(=O)c3ccc(C(F)(F)F)cc3[N+](=O)[O-])c2)cc1. The van der Waals surface area contributed by atoms with Crippen molar-refractivity contribution in [1.82, 2.24) is 0 Å². The first-order valence-electron chi connectivity index (χ1n) is 10.1. The Morgan fingerprint density at radius 1 is 1.03 bits per heavy atom. The molecule has 11 heteroatoms. The third-order valence-corrected chi connectivity index (χ3v) is 4.86. The highest BCUT2D eigenvalue weighted by molar-refractivity contribution is 6.07. The van der Waals surface area contributed by atoms with Crippen molar-refractivity contribution in [2.45, 2.75) is 12.6 Å². The second kappa shape index (κ2) is 10.6. The van der Waals surface area contributed by atoms with Crippen molar-refractivity contribution in [1.29, 1.82) is 0 Å². The molecule has 0 unspecified atom stereocenters. The third-order valence-electron chi connectivity index (χ3n) is 4.86. The lowest BCUT2D eigenvalue weighted by Crippen LogP contribution is -2.16. The molecule has 3 aromatic rings. The number of benzene rings is 3. The fourth-order valence-corrected chi connectivity index (χ4v) is 3.08. The molecule has 0 aliphatic rings. The van der Waals surface area contributed by atoms with Gasteiger partial charge in [-0.1, -0.05) is 30.3 Å². The summed E-state index contributed by atoms with van der Waals surface area (Å²) >= 11 is 0. The quantitative estimate of drug-likeness (QED) is 0.206. The van der Waals surface area contributed by atoms with E-state index in [0.29, 0.717) is 24.3 Å². The minimum absolute atomic E-state index is 0.0492. The number of carbonyl (C=O) groups is 3. The number of ether oxygens (including phenoxy) is 1. The molecule has 0 radical (unpaired) electrons. The molecule has 0 heterocycles. The monoisotopic (exact) mass is 486 g/mol. The van der Waals surface area contributed by atoms with E-state index in [1.165, 1.54) is 24.3 Å². The summed E-state index contributed by atoms with van der Waals surface area (Å²) in [6, 6.07) is 13.8. The summed E-state index contributed by atoms with van der Waals surface area (Å²) in [5.41, 5.74) is -1.30. The fourth-order valence-electron chi connectivity index (χ4n) is 3.08. The van der Waals surface area contributed by atoms with E-state index < -0.39 is 39.8 Å². The summed E-state index contributed by atoms with van der Waals surface area (Å²) < 4.78 is 43.8. The Balaban J connectivity index is 1.67. The lowest BCUT2D eigenvalue weighted by atomic mass is 10.1. The second-order valence-corrected chi connectivity index (χ2v) is 7.27. The van der Waals surface area contributed by atoms with Gasteiger partial charge in [-0.05, 0) is 35.9 Å². The molecule has 0 aliphatic carbocycles. The zero-order valence-electron chi connectivity index (χ0n) is 17.9. The molecule has 8 nitrogen and oxygen atoms in total. The standard InChI is InChI=1S/C24H17F3N2O6/c25-24(26,27)18-8-9-20(21(13-18)29(33)34)22(31)28-19-3-1-2-17(12-19)23(32)35-11-10-15-4-6-16(14-30)7-5-15/h1-9,12-14H,10-11H2,(H,28,31). The second-order valence-electron chi connectivity index (χ2n) is 7.27. The highest BCUT2D eigenvalue weighted by Gasteiger charge is 2.34. The summed E-state index contributed by atoms with van der Waals surface area (Å²) in [5, 5.41) is 13.6. The van der Waals surface area contributed by atoms with Crippen LogP contribution >= 0.6 is 0 Å². The number of amides is 1. The number of nitro benzene ring substituents is 1. The van der Waals surface area contributed by atoms with Crippen molar-refractivity contribution in [3.8, 4) is 0 Å². The van der Waals surface area contributed by atoms with Gasteiger partial charge in [0.15, 0.2) is 0 Å². The number of nitro groups is 1. The largest absolute Gasteiger partial charge is 0.462 e. The van der Waals surface area contributed by atoms with Crippen molar-refractivity contribution in [2.75, 3.05) is 11.9 Å². The van der Waals surface area contributed by atoms with E-state index in [-0.39, 0.29) is 23.9 Å². The van der Waals surface area contributed by atoms with Gasteiger partial charge in [0, 0.05) is 23.7 Å². The van der Waals surface area contributed by atoms with Crippen LogP contribution in [0.25, 0.3) is 0 Å². The van der Waals surface area contributed by atoms with Crippen LogP contribution in [0.1, 0.15) is 42.2 Å². The molecule has 1 amide bonds. The number of nitrogens with one attached hydrogen (secondary N) is 1. The molecule has 0 atom stereocenters. The molecule has 0 spiro atoms. The van der Waals surface area contributed by atoms with Crippen LogP contribution in [0.15, 0.2) is 66.7 Å². The van der Waals surface area contributed by atoms with Gasteiger partial charge in [0.1, 0.15) is 11.8 Å². The summed E-state index contributed by atoms with van der Waals surface area (Å²) in [7, 11) is 0. The van der Waals surface area contributed by atoms with Crippen LogP contribution in [-0.4, -0.2) is 29.7 Å². The van der Waals surface area contributed by atoms with Crippen LogP contribution in [0.5, 0.6) is 0 Å². The topological polar surface area (TPSA) is 116 Å². The molecule has 1 N–H and O–H groups in total. The van der Waals surface area contributed by atoms with Crippen LogP contribution in [0.3, 0.4) is 0 Å². The number of aldehydes is 1. The van der Waals surface area contributed by atoms with Gasteiger partial charge in [0.25, 0.3) is 11.6 Å². The molecule has 0 bridgehead atoms. The third kappa shape index (κ3) is 6.50. The van der Waals surface area contributed by atoms with E-state index in [4.69, 9.17) is 4.74 Å². The minimum atomic E-state index is -4.81. The van der Waals surface area contributed by atoms with E-state index in [9.17, 15) is 37.7 Å². The van der Waals surface area contributed by atoms with Gasteiger partial charge in [-0.2, -0.15) is 13.2 Å². The van der Waals surface area contributed by atoms with Crippen LogP contribution in [-0.2, 0) is 17.3 Å². The molecule has 3 aromatic carbocycles. The first-order chi connectivity index (χ1) is 16.6. The molecule has 35 heavy (non-hydrogen) atoms. The maximum atomic E-state index is 12.9. The number of halogens is 3. The van der Waals surface area contributed by atoms with E-state index in [1.54, 1.807) is 24.3 Å². The van der Waals surface area contributed by atoms with Gasteiger partial charge in [-0.25, -0.2) is 4.79 Å². The molecular weight excluding hydrogens is 469 g/mol. The maximum absolute atomic E-state index is 12.9. The van der Waals surface area contributed by atoms with E-state index in [2.05, 4.69) is 5.32 Å².